The third-order valence-electron chi connectivity index (χ3n) is 3.88. The molecule has 1 heterocycles. The summed E-state index contributed by atoms with van der Waals surface area (Å²) in [5, 5.41) is 5.50. The maximum absolute atomic E-state index is 12.5. The van der Waals surface area contributed by atoms with Crippen LogP contribution >= 0.6 is 34.5 Å². The molecule has 0 unspecified atom stereocenters. The second kappa shape index (κ2) is 9.78. The van der Waals surface area contributed by atoms with Crippen molar-refractivity contribution in [1.29, 1.82) is 0 Å². The molecule has 0 radical (unpaired) electrons. The molecular weight excluding hydrogens is 433 g/mol. The Morgan fingerprint density at radius 2 is 1.83 bits per heavy atom. The summed E-state index contributed by atoms with van der Waals surface area (Å²) >= 11 is 13.3. The fourth-order valence-electron chi connectivity index (χ4n) is 2.59. The number of thiophene rings is 1. The minimum Gasteiger partial charge on any atom is -0.482 e. The van der Waals surface area contributed by atoms with Gasteiger partial charge in [-0.2, -0.15) is 0 Å². The molecule has 3 rings (SSSR count). The van der Waals surface area contributed by atoms with Crippen LogP contribution in [0.3, 0.4) is 0 Å². The van der Waals surface area contributed by atoms with Crippen LogP contribution in [0.5, 0.6) is 5.75 Å². The SMILES string of the molecule is CCOC(=O)c1c(-c2ccccc2)csc1NC(=O)COc1cccc(Cl)c1Cl. The average molecular weight is 450 g/mol. The van der Waals surface area contributed by atoms with Gasteiger partial charge in [0.15, 0.2) is 6.61 Å². The van der Waals surface area contributed by atoms with E-state index in [2.05, 4.69) is 5.32 Å². The highest BCUT2D eigenvalue weighted by atomic mass is 35.5. The quantitative estimate of drug-likeness (QED) is 0.454. The molecule has 0 spiro atoms. The molecule has 0 atom stereocenters. The van der Waals surface area contributed by atoms with E-state index in [1.54, 1.807) is 25.1 Å². The predicted octanol–water partition coefficient (Wildman–Crippen LogP) is 5.92. The number of rotatable bonds is 7. The van der Waals surface area contributed by atoms with Gasteiger partial charge < -0.3 is 14.8 Å². The van der Waals surface area contributed by atoms with Gasteiger partial charge in [-0.15, -0.1) is 11.3 Å². The van der Waals surface area contributed by atoms with E-state index >= 15 is 0 Å². The van der Waals surface area contributed by atoms with E-state index in [-0.39, 0.29) is 18.2 Å². The first-order valence-corrected chi connectivity index (χ1v) is 10.4. The Kier molecular flexibility index (Phi) is 7.14. The lowest BCUT2D eigenvalue weighted by atomic mass is 10.0. The Bertz CT molecular complexity index is 1020. The van der Waals surface area contributed by atoms with Gasteiger partial charge >= 0.3 is 5.97 Å². The highest BCUT2D eigenvalue weighted by Gasteiger charge is 2.23. The molecule has 3 aromatic rings. The molecule has 0 aliphatic carbocycles. The lowest BCUT2D eigenvalue weighted by Crippen LogP contribution is -2.21. The molecule has 5 nitrogen and oxygen atoms in total. The third-order valence-corrected chi connectivity index (χ3v) is 5.58. The van der Waals surface area contributed by atoms with E-state index in [1.807, 2.05) is 35.7 Å². The summed E-state index contributed by atoms with van der Waals surface area (Å²) in [6, 6.07) is 14.3. The number of nitrogens with one attached hydrogen (secondary N) is 1. The molecular formula is C21H17Cl2NO4S. The summed E-state index contributed by atoms with van der Waals surface area (Å²) in [7, 11) is 0. The number of ether oxygens (including phenoxy) is 2. The summed E-state index contributed by atoms with van der Waals surface area (Å²) in [5.41, 5.74) is 1.87. The van der Waals surface area contributed by atoms with Gasteiger partial charge in [0, 0.05) is 10.9 Å². The molecule has 0 saturated heterocycles. The second-order valence-corrected chi connectivity index (χ2v) is 7.49. The first-order chi connectivity index (χ1) is 14.0. The number of anilines is 1. The lowest BCUT2D eigenvalue weighted by molar-refractivity contribution is -0.118. The number of amides is 1. The maximum atomic E-state index is 12.5. The van der Waals surface area contributed by atoms with Gasteiger partial charge in [-0.3, -0.25) is 4.79 Å². The minimum absolute atomic E-state index is 0.229. The van der Waals surface area contributed by atoms with Crippen molar-refractivity contribution in [3.05, 3.63) is 69.5 Å². The highest BCUT2D eigenvalue weighted by Crippen LogP contribution is 2.36. The maximum Gasteiger partial charge on any atom is 0.341 e. The van der Waals surface area contributed by atoms with E-state index in [0.717, 1.165) is 5.56 Å². The van der Waals surface area contributed by atoms with Gasteiger partial charge in [0.2, 0.25) is 0 Å². The van der Waals surface area contributed by atoms with Crippen molar-refractivity contribution in [3.63, 3.8) is 0 Å². The Morgan fingerprint density at radius 3 is 2.55 bits per heavy atom. The molecule has 1 amide bonds. The standard InChI is InChI=1S/C21H17Cl2NO4S/c1-2-27-21(26)18-14(13-7-4-3-5-8-13)12-29-20(18)24-17(25)11-28-16-10-6-9-15(22)19(16)23/h3-10,12H,2,11H2,1H3,(H,24,25). The Labute approximate surface area is 182 Å². The van der Waals surface area contributed by atoms with E-state index in [9.17, 15) is 9.59 Å². The Hall–Kier alpha value is -2.54. The average Bonchev–Trinajstić information content (AvgIpc) is 3.13. The van der Waals surface area contributed by atoms with Gasteiger partial charge in [0.05, 0.1) is 11.6 Å². The number of hydrogen-bond donors (Lipinski definition) is 1. The van der Waals surface area contributed by atoms with Crippen LogP contribution < -0.4 is 10.1 Å². The number of carbonyl (C=O) groups is 2. The van der Waals surface area contributed by atoms with Crippen LogP contribution in [0.15, 0.2) is 53.9 Å². The molecule has 29 heavy (non-hydrogen) atoms. The molecule has 150 valence electrons. The fraction of sp³-hybridized carbons (Fsp3) is 0.143. The molecule has 2 aromatic carbocycles. The summed E-state index contributed by atoms with van der Waals surface area (Å²) in [4.78, 5) is 24.9. The third kappa shape index (κ3) is 5.09. The van der Waals surface area contributed by atoms with Crippen LogP contribution in [-0.4, -0.2) is 25.1 Å². The van der Waals surface area contributed by atoms with Gasteiger partial charge in [-0.25, -0.2) is 4.79 Å². The van der Waals surface area contributed by atoms with E-state index in [1.165, 1.54) is 11.3 Å². The Morgan fingerprint density at radius 1 is 1.07 bits per heavy atom. The van der Waals surface area contributed by atoms with Crippen LogP contribution in [0.25, 0.3) is 11.1 Å². The highest BCUT2D eigenvalue weighted by molar-refractivity contribution is 7.15. The van der Waals surface area contributed by atoms with E-state index in [0.29, 0.717) is 26.9 Å². The topological polar surface area (TPSA) is 64.6 Å². The van der Waals surface area contributed by atoms with Crippen molar-refractivity contribution in [1.82, 2.24) is 0 Å². The molecule has 0 saturated carbocycles. The smallest absolute Gasteiger partial charge is 0.341 e. The monoisotopic (exact) mass is 449 g/mol. The van der Waals surface area contributed by atoms with Crippen LogP contribution in [0.1, 0.15) is 17.3 Å². The second-order valence-electron chi connectivity index (χ2n) is 5.83. The molecule has 0 fully saturated rings. The largest absolute Gasteiger partial charge is 0.482 e. The molecule has 0 aliphatic rings. The number of carbonyl (C=O) groups excluding carboxylic acids is 2. The van der Waals surface area contributed by atoms with Gasteiger partial charge in [-0.05, 0) is 24.6 Å². The predicted molar refractivity (Wildman–Crippen MR) is 116 cm³/mol. The van der Waals surface area contributed by atoms with Crippen molar-refractivity contribution >= 4 is 51.4 Å². The summed E-state index contributed by atoms with van der Waals surface area (Å²) in [6.07, 6.45) is 0. The normalized spacial score (nSPS) is 10.4. The molecule has 1 N–H and O–H groups in total. The molecule has 8 heteroatoms. The number of benzene rings is 2. The van der Waals surface area contributed by atoms with Crippen molar-refractivity contribution in [3.8, 4) is 16.9 Å². The summed E-state index contributed by atoms with van der Waals surface area (Å²) < 4.78 is 10.6. The minimum atomic E-state index is -0.498. The molecule has 0 bridgehead atoms. The van der Waals surface area contributed by atoms with Crippen molar-refractivity contribution in [2.24, 2.45) is 0 Å². The zero-order valence-electron chi connectivity index (χ0n) is 15.4. The van der Waals surface area contributed by atoms with Gasteiger partial charge in [0.25, 0.3) is 5.91 Å². The van der Waals surface area contributed by atoms with Crippen LogP contribution in [0.2, 0.25) is 10.0 Å². The van der Waals surface area contributed by atoms with Crippen LogP contribution in [0, 0.1) is 0 Å². The van der Waals surface area contributed by atoms with Crippen LogP contribution in [-0.2, 0) is 9.53 Å². The zero-order valence-corrected chi connectivity index (χ0v) is 17.7. The molecule has 0 aliphatic heterocycles. The van der Waals surface area contributed by atoms with E-state index in [4.69, 9.17) is 32.7 Å². The fourth-order valence-corrected chi connectivity index (χ4v) is 3.91. The van der Waals surface area contributed by atoms with E-state index < -0.39 is 11.9 Å². The first-order valence-electron chi connectivity index (χ1n) is 8.72. The summed E-state index contributed by atoms with van der Waals surface area (Å²) in [5.74, 6) is -0.633. The van der Waals surface area contributed by atoms with Crippen molar-refractivity contribution in [2.45, 2.75) is 6.92 Å². The number of esters is 1. The van der Waals surface area contributed by atoms with Crippen molar-refractivity contribution in [2.75, 3.05) is 18.5 Å². The Balaban J connectivity index is 1.79. The van der Waals surface area contributed by atoms with Crippen molar-refractivity contribution < 1.29 is 19.1 Å². The summed E-state index contributed by atoms with van der Waals surface area (Å²) in [6.45, 7) is 1.67. The van der Waals surface area contributed by atoms with Gasteiger partial charge in [0.1, 0.15) is 21.3 Å². The first kappa shape index (κ1) is 21.2. The molecule has 1 aromatic heterocycles. The lowest BCUT2D eigenvalue weighted by Gasteiger charge is -2.10. The number of hydrogen-bond acceptors (Lipinski definition) is 5. The zero-order chi connectivity index (χ0) is 20.8. The van der Waals surface area contributed by atoms with Gasteiger partial charge in [-0.1, -0.05) is 59.6 Å². The van der Waals surface area contributed by atoms with Crippen LogP contribution in [0.4, 0.5) is 5.00 Å². The number of halogens is 2.